The molecule has 0 saturated heterocycles. The summed E-state index contributed by atoms with van der Waals surface area (Å²) in [6.07, 6.45) is 9.73. The first kappa shape index (κ1) is 13.2. The molecule has 2 saturated carbocycles. The predicted octanol–water partition coefficient (Wildman–Crippen LogP) is 4.49. The van der Waals surface area contributed by atoms with Crippen molar-refractivity contribution < 1.29 is 0 Å². The van der Waals surface area contributed by atoms with Crippen molar-refractivity contribution in [1.82, 2.24) is 5.32 Å². The van der Waals surface area contributed by atoms with Gasteiger partial charge in [-0.05, 0) is 43.1 Å². The molecule has 3 rings (SSSR count). The van der Waals surface area contributed by atoms with Crippen LogP contribution in [-0.4, -0.2) is 12.1 Å². The number of rotatable bonds is 5. The highest BCUT2D eigenvalue weighted by molar-refractivity contribution is 5.22. The molecule has 1 N–H and O–H groups in total. The van der Waals surface area contributed by atoms with Crippen LogP contribution < -0.4 is 5.32 Å². The van der Waals surface area contributed by atoms with Gasteiger partial charge in [-0.2, -0.15) is 0 Å². The molecule has 1 aromatic rings. The third-order valence-corrected chi connectivity index (χ3v) is 5.00. The fourth-order valence-corrected chi connectivity index (χ4v) is 3.85. The molecule has 4 atom stereocenters. The maximum Gasteiger partial charge on any atom is 0.0138 e. The lowest BCUT2D eigenvalue weighted by molar-refractivity contribution is 0.320. The molecule has 4 unspecified atom stereocenters. The molecule has 1 nitrogen and oxygen atoms in total. The Hall–Kier alpha value is -0.820. The number of nitrogens with one attached hydrogen (secondary N) is 1. The van der Waals surface area contributed by atoms with E-state index in [4.69, 9.17) is 0 Å². The molecule has 19 heavy (non-hydrogen) atoms. The Morgan fingerprint density at radius 2 is 1.84 bits per heavy atom. The van der Waals surface area contributed by atoms with Gasteiger partial charge in [-0.1, -0.05) is 56.5 Å². The van der Waals surface area contributed by atoms with E-state index in [0.717, 1.165) is 23.9 Å². The summed E-state index contributed by atoms with van der Waals surface area (Å²) in [6.45, 7) is 2.31. The van der Waals surface area contributed by atoms with Gasteiger partial charge in [-0.15, -0.1) is 0 Å². The summed E-state index contributed by atoms with van der Waals surface area (Å²) < 4.78 is 0. The van der Waals surface area contributed by atoms with Gasteiger partial charge in [-0.3, -0.25) is 0 Å². The number of hydrogen-bond donors (Lipinski definition) is 1. The van der Waals surface area contributed by atoms with Crippen LogP contribution in [-0.2, 0) is 0 Å². The van der Waals surface area contributed by atoms with Crippen molar-refractivity contribution in [1.29, 1.82) is 0 Å². The summed E-state index contributed by atoms with van der Waals surface area (Å²) >= 11 is 0. The maximum atomic E-state index is 3.98. The molecule has 0 amide bonds. The molecule has 2 aliphatic rings. The maximum absolute atomic E-state index is 3.98. The lowest BCUT2D eigenvalue weighted by Gasteiger charge is -2.33. The molecular formula is C18H27N. The molecule has 1 aromatic carbocycles. The van der Waals surface area contributed by atoms with Gasteiger partial charge in [-0.25, -0.2) is 0 Å². The molecule has 0 spiro atoms. The minimum Gasteiger partial charge on any atom is -0.310 e. The van der Waals surface area contributed by atoms with Crippen molar-refractivity contribution in [2.75, 3.05) is 0 Å². The van der Waals surface area contributed by atoms with E-state index >= 15 is 0 Å². The van der Waals surface area contributed by atoms with E-state index in [1.54, 1.807) is 5.56 Å². The molecule has 2 fully saturated rings. The Labute approximate surface area is 117 Å². The van der Waals surface area contributed by atoms with Crippen LogP contribution in [0, 0.1) is 5.92 Å². The van der Waals surface area contributed by atoms with E-state index in [9.17, 15) is 0 Å². The molecule has 2 aliphatic carbocycles. The highest BCUT2D eigenvalue weighted by Gasteiger charge is 2.39. The quantitative estimate of drug-likeness (QED) is 0.819. The number of benzene rings is 1. The topological polar surface area (TPSA) is 12.0 Å². The summed E-state index contributed by atoms with van der Waals surface area (Å²) in [4.78, 5) is 0. The van der Waals surface area contributed by atoms with Crippen LogP contribution in [0.4, 0.5) is 0 Å². The summed E-state index contributed by atoms with van der Waals surface area (Å²) in [7, 11) is 0. The monoisotopic (exact) mass is 257 g/mol. The highest BCUT2D eigenvalue weighted by atomic mass is 15.0. The highest BCUT2D eigenvalue weighted by Crippen LogP contribution is 2.39. The molecule has 0 heterocycles. The van der Waals surface area contributed by atoms with Crippen molar-refractivity contribution in [2.24, 2.45) is 5.92 Å². The van der Waals surface area contributed by atoms with E-state index in [2.05, 4.69) is 42.6 Å². The van der Waals surface area contributed by atoms with Crippen LogP contribution in [0.2, 0.25) is 0 Å². The predicted molar refractivity (Wildman–Crippen MR) is 81.4 cm³/mol. The number of hydrogen-bond acceptors (Lipinski definition) is 1. The van der Waals surface area contributed by atoms with Crippen LogP contribution in [0.1, 0.15) is 63.4 Å². The van der Waals surface area contributed by atoms with Gasteiger partial charge in [0.25, 0.3) is 0 Å². The standard InChI is InChI=1S/C18H27N/c1-2-8-15-13-18(15)19-17-12-7-6-11-16(17)14-9-4-3-5-10-14/h3-5,9-10,15-19H,2,6-8,11-13H2,1H3. The fraction of sp³-hybridized carbons (Fsp3) is 0.667. The second kappa shape index (κ2) is 6.09. The zero-order valence-electron chi connectivity index (χ0n) is 12.1. The third kappa shape index (κ3) is 3.20. The largest absolute Gasteiger partial charge is 0.310 e. The van der Waals surface area contributed by atoms with E-state index in [0.29, 0.717) is 0 Å². The van der Waals surface area contributed by atoms with E-state index < -0.39 is 0 Å². The average Bonchev–Trinajstić information content (AvgIpc) is 3.19. The SMILES string of the molecule is CCCC1CC1NC1CCCCC1c1ccccc1. The van der Waals surface area contributed by atoms with Gasteiger partial charge in [0.05, 0.1) is 0 Å². The lowest BCUT2D eigenvalue weighted by atomic mass is 9.80. The smallest absolute Gasteiger partial charge is 0.0138 e. The van der Waals surface area contributed by atoms with Crippen molar-refractivity contribution in [2.45, 2.75) is 69.9 Å². The van der Waals surface area contributed by atoms with Gasteiger partial charge >= 0.3 is 0 Å². The molecule has 0 bridgehead atoms. The zero-order valence-corrected chi connectivity index (χ0v) is 12.1. The van der Waals surface area contributed by atoms with Gasteiger partial charge in [0.15, 0.2) is 0 Å². The Bertz CT molecular complexity index is 386. The van der Waals surface area contributed by atoms with E-state index in [-0.39, 0.29) is 0 Å². The second-order valence-corrected chi connectivity index (χ2v) is 6.47. The fourth-order valence-electron chi connectivity index (χ4n) is 3.85. The van der Waals surface area contributed by atoms with Crippen LogP contribution in [0.5, 0.6) is 0 Å². The average molecular weight is 257 g/mol. The Morgan fingerprint density at radius 3 is 2.63 bits per heavy atom. The van der Waals surface area contributed by atoms with Crippen molar-refractivity contribution in [3.8, 4) is 0 Å². The second-order valence-electron chi connectivity index (χ2n) is 6.47. The first-order valence-corrected chi connectivity index (χ1v) is 8.19. The molecular weight excluding hydrogens is 230 g/mol. The van der Waals surface area contributed by atoms with E-state index in [1.807, 2.05) is 0 Å². The minimum atomic E-state index is 0.725. The molecule has 0 aliphatic heterocycles. The Kier molecular flexibility index (Phi) is 4.22. The Balaban J connectivity index is 1.62. The van der Waals surface area contributed by atoms with Crippen molar-refractivity contribution in [3.05, 3.63) is 35.9 Å². The molecule has 104 valence electrons. The van der Waals surface area contributed by atoms with Crippen LogP contribution in [0.25, 0.3) is 0 Å². The first-order chi connectivity index (χ1) is 9.38. The van der Waals surface area contributed by atoms with Crippen molar-refractivity contribution in [3.63, 3.8) is 0 Å². The van der Waals surface area contributed by atoms with Crippen LogP contribution in [0.15, 0.2) is 30.3 Å². The molecule has 0 aromatic heterocycles. The van der Waals surface area contributed by atoms with Gasteiger partial charge in [0.1, 0.15) is 0 Å². The summed E-state index contributed by atoms with van der Waals surface area (Å²) in [5.74, 6) is 1.72. The summed E-state index contributed by atoms with van der Waals surface area (Å²) in [6, 6.07) is 12.7. The van der Waals surface area contributed by atoms with Gasteiger partial charge in [0, 0.05) is 12.1 Å². The van der Waals surface area contributed by atoms with Gasteiger partial charge in [0.2, 0.25) is 0 Å². The third-order valence-electron chi connectivity index (χ3n) is 5.00. The first-order valence-electron chi connectivity index (χ1n) is 8.19. The van der Waals surface area contributed by atoms with Crippen molar-refractivity contribution >= 4 is 0 Å². The zero-order chi connectivity index (χ0) is 13.1. The van der Waals surface area contributed by atoms with Gasteiger partial charge < -0.3 is 5.32 Å². The molecule has 1 heteroatoms. The van der Waals surface area contributed by atoms with Crippen LogP contribution in [0.3, 0.4) is 0 Å². The van der Waals surface area contributed by atoms with Crippen LogP contribution >= 0.6 is 0 Å². The summed E-state index contributed by atoms with van der Waals surface area (Å²) in [5.41, 5.74) is 1.55. The Morgan fingerprint density at radius 1 is 1.05 bits per heavy atom. The normalized spacial score (nSPS) is 34.2. The molecule has 0 radical (unpaired) electrons. The minimum absolute atomic E-state index is 0.725. The summed E-state index contributed by atoms with van der Waals surface area (Å²) in [5, 5.41) is 3.98. The lowest BCUT2D eigenvalue weighted by Crippen LogP contribution is -2.39. The van der Waals surface area contributed by atoms with E-state index in [1.165, 1.54) is 44.9 Å².